The molecule has 2 fully saturated rings. The summed E-state index contributed by atoms with van der Waals surface area (Å²) >= 11 is 0. The van der Waals surface area contributed by atoms with Crippen molar-refractivity contribution in [1.29, 1.82) is 0 Å². The van der Waals surface area contributed by atoms with Crippen LogP contribution < -0.4 is 0 Å². The number of carbonyl (C=O) groups is 1. The second-order valence-corrected chi connectivity index (χ2v) is 2.73. The predicted molar refractivity (Wildman–Crippen MR) is 28.9 cm³/mol. The van der Waals surface area contributed by atoms with Gasteiger partial charge >= 0.3 is 5.97 Å². The number of fused-ring (bicyclic) bond motifs is 1. The Morgan fingerprint density at radius 3 is 3.11 bits per heavy atom. The van der Waals surface area contributed by atoms with Crippen LogP contribution in [0.1, 0.15) is 13.3 Å². The predicted octanol–water partition coefficient (Wildman–Crippen LogP) is 0.0908. The Bertz CT molecular complexity index is 166. The number of carbonyl (C=O) groups excluding carboxylic acids is 1. The summed E-state index contributed by atoms with van der Waals surface area (Å²) in [6, 6.07) is 0. The van der Waals surface area contributed by atoms with Gasteiger partial charge in [-0.2, -0.15) is 0 Å². The molecule has 9 heavy (non-hydrogen) atoms. The second kappa shape index (κ2) is 1.29. The topological polar surface area (TPSA) is 38.8 Å². The summed E-state index contributed by atoms with van der Waals surface area (Å²) in [5.41, 5.74) is -0.157. The highest BCUT2D eigenvalue weighted by Crippen LogP contribution is 2.42. The lowest BCUT2D eigenvalue weighted by molar-refractivity contribution is -0.146. The molecule has 2 atom stereocenters. The summed E-state index contributed by atoms with van der Waals surface area (Å²) in [5.74, 6) is -0.191. The molecule has 2 aliphatic heterocycles. The molecule has 50 valence electrons. The Morgan fingerprint density at radius 2 is 2.56 bits per heavy atom. The Kier molecular flexibility index (Phi) is 0.750. The lowest BCUT2D eigenvalue weighted by Crippen LogP contribution is -2.28. The van der Waals surface area contributed by atoms with E-state index in [1.54, 1.807) is 0 Å². The Hall–Kier alpha value is -0.570. The molecule has 2 rings (SSSR count). The van der Waals surface area contributed by atoms with Gasteiger partial charge in [-0.05, 0) is 6.92 Å². The SMILES string of the molecule is CC12CCOC(=O)C1O2. The molecule has 0 aliphatic carbocycles. The van der Waals surface area contributed by atoms with E-state index in [0.29, 0.717) is 6.61 Å². The van der Waals surface area contributed by atoms with E-state index in [9.17, 15) is 4.79 Å². The van der Waals surface area contributed by atoms with Gasteiger partial charge in [0.05, 0.1) is 6.61 Å². The molecule has 3 heteroatoms. The maximum absolute atomic E-state index is 10.7. The molecular weight excluding hydrogens is 120 g/mol. The van der Waals surface area contributed by atoms with Gasteiger partial charge in [-0.15, -0.1) is 0 Å². The van der Waals surface area contributed by atoms with Crippen LogP contribution in [-0.4, -0.2) is 24.3 Å². The second-order valence-electron chi connectivity index (χ2n) is 2.73. The number of ether oxygens (including phenoxy) is 2. The average Bonchev–Trinajstić information content (AvgIpc) is 2.43. The fourth-order valence-corrected chi connectivity index (χ4v) is 1.15. The van der Waals surface area contributed by atoms with Gasteiger partial charge in [0, 0.05) is 6.42 Å². The van der Waals surface area contributed by atoms with E-state index in [2.05, 4.69) is 0 Å². The van der Waals surface area contributed by atoms with Crippen LogP contribution in [0.4, 0.5) is 0 Å². The minimum Gasteiger partial charge on any atom is -0.464 e. The number of rotatable bonds is 0. The number of hydrogen-bond acceptors (Lipinski definition) is 3. The van der Waals surface area contributed by atoms with E-state index in [-0.39, 0.29) is 17.7 Å². The van der Waals surface area contributed by atoms with Gasteiger partial charge in [0.2, 0.25) is 0 Å². The van der Waals surface area contributed by atoms with Crippen molar-refractivity contribution in [3.63, 3.8) is 0 Å². The minimum absolute atomic E-state index is 0.157. The lowest BCUT2D eigenvalue weighted by atomic mass is 10.0. The highest BCUT2D eigenvalue weighted by Gasteiger charge is 2.60. The van der Waals surface area contributed by atoms with Gasteiger partial charge in [0.15, 0.2) is 6.10 Å². The van der Waals surface area contributed by atoms with Gasteiger partial charge < -0.3 is 9.47 Å². The smallest absolute Gasteiger partial charge is 0.338 e. The first-order valence-corrected chi connectivity index (χ1v) is 3.07. The molecule has 2 heterocycles. The van der Waals surface area contributed by atoms with Crippen molar-refractivity contribution < 1.29 is 14.3 Å². The zero-order valence-electron chi connectivity index (χ0n) is 5.22. The monoisotopic (exact) mass is 128 g/mol. The molecule has 0 saturated carbocycles. The van der Waals surface area contributed by atoms with Crippen LogP contribution >= 0.6 is 0 Å². The van der Waals surface area contributed by atoms with E-state index in [1.807, 2.05) is 6.92 Å². The first-order chi connectivity index (χ1) is 4.22. The molecular formula is C6H8O3. The van der Waals surface area contributed by atoms with Crippen molar-refractivity contribution in [2.45, 2.75) is 25.0 Å². The van der Waals surface area contributed by atoms with E-state index in [4.69, 9.17) is 9.47 Å². The van der Waals surface area contributed by atoms with Gasteiger partial charge in [0.25, 0.3) is 0 Å². The van der Waals surface area contributed by atoms with Gasteiger partial charge in [-0.1, -0.05) is 0 Å². The van der Waals surface area contributed by atoms with E-state index in [1.165, 1.54) is 0 Å². The molecule has 0 N–H and O–H groups in total. The number of esters is 1. The molecule has 3 nitrogen and oxygen atoms in total. The van der Waals surface area contributed by atoms with Crippen LogP contribution in [0.15, 0.2) is 0 Å². The largest absolute Gasteiger partial charge is 0.464 e. The summed E-state index contributed by atoms with van der Waals surface area (Å²) in [7, 11) is 0. The molecule has 0 radical (unpaired) electrons. The third-order valence-corrected chi connectivity index (χ3v) is 1.94. The molecule has 0 bridgehead atoms. The Balaban J connectivity index is 2.16. The highest BCUT2D eigenvalue weighted by atomic mass is 16.7. The van der Waals surface area contributed by atoms with Crippen molar-refractivity contribution in [2.75, 3.05) is 6.61 Å². The maximum atomic E-state index is 10.7. The first-order valence-electron chi connectivity index (χ1n) is 3.07. The van der Waals surface area contributed by atoms with Crippen molar-refractivity contribution >= 4 is 5.97 Å². The van der Waals surface area contributed by atoms with E-state index >= 15 is 0 Å². The normalized spacial score (nSPS) is 47.7. The number of cyclic esters (lactones) is 1. The molecule has 2 saturated heterocycles. The van der Waals surface area contributed by atoms with E-state index in [0.717, 1.165) is 6.42 Å². The third-order valence-electron chi connectivity index (χ3n) is 1.94. The highest BCUT2D eigenvalue weighted by molar-refractivity contribution is 5.80. The van der Waals surface area contributed by atoms with E-state index < -0.39 is 0 Å². The summed E-state index contributed by atoms with van der Waals surface area (Å²) in [6.07, 6.45) is 0.606. The molecule has 0 aromatic heterocycles. The van der Waals surface area contributed by atoms with Crippen LogP contribution in [0, 0.1) is 0 Å². The molecule has 2 unspecified atom stereocenters. The molecule has 0 amide bonds. The van der Waals surface area contributed by atoms with Crippen molar-refractivity contribution in [2.24, 2.45) is 0 Å². The quantitative estimate of drug-likeness (QED) is 0.343. The fourth-order valence-electron chi connectivity index (χ4n) is 1.15. The fraction of sp³-hybridized carbons (Fsp3) is 0.833. The van der Waals surface area contributed by atoms with Crippen LogP contribution in [0.3, 0.4) is 0 Å². The van der Waals surface area contributed by atoms with Gasteiger partial charge in [-0.3, -0.25) is 0 Å². The van der Waals surface area contributed by atoms with Gasteiger partial charge in [-0.25, -0.2) is 4.79 Å². The summed E-state index contributed by atoms with van der Waals surface area (Å²) < 4.78 is 9.84. The molecule has 0 aromatic carbocycles. The van der Waals surface area contributed by atoms with Crippen LogP contribution in [0.25, 0.3) is 0 Å². The first kappa shape index (κ1) is 5.23. The van der Waals surface area contributed by atoms with Crippen molar-refractivity contribution in [3.05, 3.63) is 0 Å². The van der Waals surface area contributed by atoms with Crippen LogP contribution in [0.2, 0.25) is 0 Å². The zero-order valence-corrected chi connectivity index (χ0v) is 5.22. The minimum atomic E-state index is -0.244. The Morgan fingerprint density at radius 1 is 1.78 bits per heavy atom. The third kappa shape index (κ3) is 0.580. The number of hydrogen-bond donors (Lipinski definition) is 0. The average molecular weight is 128 g/mol. The Labute approximate surface area is 52.9 Å². The van der Waals surface area contributed by atoms with Gasteiger partial charge in [0.1, 0.15) is 5.60 Å². The standard InChI is InChI=1S/C6H8O3/c1-6-2-3-8-5(7)4(6)9-6/h4H,2-3H2,1H3. The number of epoxide rings is 1. The molecule has 2 aliphatic rings. The van der Waals surface area contributed by atoms with Crippen molar-refractivity contribution in [3.8, 4) is 0 Å². The zero-order chi connectivity index (χ0) is 6.48. The summed E-state index contributed by atoms with van der Waals surface area (Å²) in [5, 5.41) is 0. The lowest BCUT2D eigenvalue weighted by Gasteiger charge is -2.11. The molecule has 0 spiro atoms. The maximum Gasteiger partial charge on any atom is 0.338 e. The summed E-state index contributed by atoms with van der Waals surface area (Å²) in [4.78, 5) is 10.7. The summed E-state index contributed by atoms with van der Waals surface area (Å²) in [6.45, 7) is 2.46. The molecule has 0 aromatic rings. The van der Waals surface area contributed by atoms with Crippen LogP contribution in [0.5, 0.6) is 0 Å². The van der Waals surface area contributed by atoms with Crippen molar-refractivity contribution in [1.82, 2.24) is 0 Å². The van der Waals surface area contributed by atoms with Crippen LogP contribution in [-0.2, 0) is 14.3 Å².